The van der Waals surface area contributed by atoms with Crippen LogP contribution in [0.15, 0.2) is 0 Å². The molecule has 2 saturated heterocycles. The van der Waals surface area contributed by atoms with Gasteiger partial charge >= 0.3 is 12.1 Å². The fourth-order valence-corrected chi connectivity index (χ4v) is 2.61. The second-order valence-corrected chi connectivity index (χ2v) is 5.06. The SMILES string of the molecule is CN(C)C(=O)N1CCC2(CC1)C(=N)NC(=O)N2C. The van der Waals surface area contributed by atoms with Crippen LogP contribution < -0.4 is 5.32 Å². The van der Waals surface area contributed by atoms with E-state index in [-0.39, 0.29) is 17.9 Å². The molecule has 7 nitrogen and oxygen atoms in total. The van der Waals surface area contributed by atoms with Crippen LogP contribution in [0.5, 0.6) is 0 Å². The number of likely N-dealkylation sites (tertiary alicyclic amines) is 1. The van der Waals surface area contributed by atoms with E-state index in [1.807, 2.05) is 0 Å². The summed E-state index contributed by atoms with van der Waals surface area (Å²) in [4.78, 5) is 28.3. The van der Waals surface area contributed by atoms with Crippen molar-refractivity contribution in [3.63, 3.8) is 0 Å². The van der Waals surface area contributed by atoms with E-state index in [1.165, 1.54) is 0 Å². The van der Waals surface area contributed by atoms with E-state index in [9.17, 15) is 9.59 Å². The minimum Gasteiger partial charge on any atom is -0.331 e. The first-order chi connectivity index (χ1) is 8.38. The summed E-state index contributed by atoms with van der Waals surface area (Å²) in [7, 11) is 5.16. The minimum atomic E-state index is -0.541. The molecule has 2 fully saturated rings. The quantitative estimate of drug-likeness (QED) is 0.643. The van der Waals surface area contributed by atoms with E-state index in [0.717, 1.165) is 0 Å². The maximum atomic E-state index is 11.8. The molecule has 2 aliphatic rings. The van der Waals surface area contributed by atoms with Crippen LogP contribution >= 0.6 is 0 Å². The third-order valence-corrected chi connectivity index (χ3v) is 3.89. The number of piperidine rings is 1. The highest BCUT2D eigenvalue weighted by Crippen LogP contribution is 2.32. The lowest BCUT2D eigenvalue weighted by molar-refractivity contribution is 0.115. The molecule has 2 aliphatic heterocycles. The molecule has 7 heteroatoms. The van der Waals surface area contributed by atoms with E-state index < -0.39 is 5.54 Å². The number of nitrogens with zero attached hydrogens (tertiary/aromatic N) is 3. The van der Waals surface area contributed by atoms with Crippen molar-refractivity contribution < 1.29 is 9.59 Å². The molecule has 2 rings (SSSR count). The van der Waals surface area contributed by atoms with Crippen molar-refractivity contribution >= 4 is 17.9 Å². The van der Waals surface area contributed by atoms with Gasteiger partial charge in [-0.3, -0.25) is 10.7 Å². The molecule has 0 aromatic heterocycles. The van der Waals surface area contributed by atoms with Gasteiger partial charge in [0, 0.05) is 34.2 Å². The highest BCUT2D eigenvalue weighted by molar-refractivity contribution is 6.08. The van der Waals surface area contributed by atoms with Crippen molar-refractivity contribution in [3.8, 4) is 0 Å². The number of carbonyl (C=O) groups is 2. The van der Waals surface area contributed by atoms with Crippen LogP contribution in [-0.4, -0.2) is 72.4 Å². The topological polar surface area (TPSA) is 79.7 Å². The minimum absolute atomic E-state index is 0.0173. The summed E-state index contributed by atoms with van der Waals surface area (Å²) >= 11 is 0. The lowest BCUT2D eigenvalue weighted by Gasteiger charge is -2.42. The third-order valence-electron chi connectivity index (χ3n) is 3.89. The molecular weight excluding hydrogens is 234 g/mol. The van der Waals surface area contributed by atoms with Crippen molar-refractivity contribution in [1.82, 2.24) is 20.0 Å². The average molecular weight is 253 g/mol. The second kappa shape index (κ2) is 4.15. The van der Waals surface area contributed by atoms with Crippen LogP contribution in [0.3, 0.4) is 0 Å². The highest BCUT2D eigenvalue weighted by atomic mass is 16.2. The van der Waals surface area contributed by atoms with E-state index >= 15 is 0 Å². The Bertz CT molecular complexity index is 398. The Balaban J connectivity index is 2.08. The first-order valence-corrected chi connectivity index (χ1v) is 5.98. The number of carbonyl (C=O) groups excluding carboxylic acids is 2. The first-order valence-electron chi connectivity index (χ1n) is 5.98. The van der Waals surface area contributed by atoms with E-state index in [4.69, 9.17) is 5.41 Å². The Labute approximate surface area is 106 Å². The Hall–Kier alpha value is -1.79. The Morgan fingerprint density at radius 2 is 1.94 bits per heavy atom. The van der Waals surface area contributed by atoms with Gasteiger partial charge in [0.2, 0.25) is 0 Å². The lowest BCUT2D eigenvalue weighted by atomic mass is 9.86. The summed E-state index contributed by atoms with van der Waals surface area (Å²) < 4.78 is 0. The zero-order valence-corrected chi connectivity index (χ0v) is 11.0. The number of hydrogen-bond donors (Lipinski definition) is 2. The number of urea groups is 2. The van der Waals surface area contributed by atoms with Crippen molar-refractivity contribution in [2.24, 2.45) is 0 Å². The Morgan fingerprint density at radius 3 is 2.33 bits per heavy atom. The molecule has 0 aromatic carbocycles. The van der Waals surface area contributed by atoms with Crippen molar-refractivity contribution in [3.05, 3.63) is 0 Å². The van der Waals surface area contributed by atoms with Gasteiger partial charge in [0.25, 0.3) is 0 Å². The number of amides is 4. The van der Waals surface area contributed by atoms with Crippen LogP contribution in [0.1, 0.15) is 12.8 Å². The number of rotatable bonds is 0. The maximum absolute atomic E-state index is 11.8. The molecule has 4 amide bonds. The van der Waals surface area contributed by atoms with Gasteiger partial charge in [-0.15, -0.1) is 0 Å². The van der Waals surface area contributed by atoms with Crippen molar-refractivity contribution in [2.45, 2.75) is 18.4 Å². The smallest absolute Gasteiger partial charge is 0.323 e. The van der Waals surface area contributed by atoms with Gasteiger partial charge in [-0.25, -0.2) is 9.59 Å². The zero-order chi connectivity index (χ0) is 13.5. The third kappa shape index (κ3) is 1.70. The van der Waals surface area contributed by atoms with Crippen LogP contribution in [0.25, 0.3) is 0 Å². The van der Waals surface area contributed by atoms with Crippen LogP contribution in [0.2, 0.25) is 0 Å². The molecule has 0 atom stereocenters. The largest absolute Gasteiger partial charge is 0.331 e. The average Bonchev–Trinajstić information content (AvgIpc) is 2.54. The first kappa shape index (κ1) is 12.7. The molecule has 1 spiro atoms. The van der Waals surface area contributed by atoms with Crippen LogP contribution in [0.4, 0.5) is 9.59 Å². The predicted molar refractivity (Wildman–Crippen MR) is 66.6 cm³/mol. The molecule has 2 N–H and O–H groups in total. The second-order valence-electron chi connectivity index (χ2n) is 5.06. The number of hydrogen-bond acceptors (Lipinski definition) is 3. The molecule has 0 aliphatic carbocycles. The van der Waals surface area contributed by atoms with Gasteiger partial charge in [-0.1, -0.05) is 0 Å². The van der Waals surface area contributed by atoms with Crippen LogP contribution in [-0.2, 0) is 0 Å². The Morgan fingerprint density at radius 1 is 1.39 bits per heavy atom. The van der Waals surface area contributed by atoms with E-state index in [1.54, 1.807) is 35.8 Å². The monoisotopic (exact) mass is 253 g/mol. The normalized spacial score (nSPS) is 22.4. The van der Waals surface area contributed by atoms with Gasteiger partial charge in [0.15, 0.2) is 0 Å². The molecule has 18 heavy (non-hydrogen) atoms. The van der Waals surface area contributed by atoms with Crippen LogP contribution in [0, 0.1) is 5.41 Å². The van der Waals surface area contributed by atoms with E-state index in [0.29, 0.717) is 25.9 Å². The summed E-state index contributed by atoms with van der Waals surface area (Å²) in [6.07, 6.45) is 1.22. The fourth-order valence-electron chi connectivity index (χ4n) is 2.61. The molecular formula is C11H19N5O2. The Kier molecular flexibility index (Phi) is 2.92. The summed E-state index contributed by atoms with van der Waals surface area (Å²) in [6, 6.07) is -0.247. The van der Waals surface area contributed by atoms with E-state index in [2.05, 4.69) is 5.32 Å². The fraction of sp³-hybridized carbons (Fsp3) is 0.727. The van der Waals surface area contributed by atoms with Crippen molar-refractivity contribution in [2.75, 3.05) is 34.2 Å². The molecule has 0 radical (unpaired) electrons. The summed E-state index contributed by atoms with van der Waals surface area (Å²) in [5.41, 5.74) is -0.541. The lowest BCUT2D eigenvalue weighted by Crippen LogP contribution is -2.57. The zero-order valence-electron chi connectivity index (χ0n) is 11.0. The predicted octanol–water partition coefficient (Wildman–Crippen LogP) is 0.135. The van der Waals surface area contributed by atoms with Gasteiger partial charge in [0.1, 0.15) is 11.4 Å². The number of nitrogens with one attached hydrogen (secondary N) is 2. The molecule has 0 aromatic rings. The summed E-state index contributed by atoms with van der Waals surface area (Å²) in [5.74, 6) is 0.256. The van der Waals surface area contributed by atoms with Gasteiger partial charge in [0.05, 0.1) is 0 Å². The van der Waals surface area contributed by atoms with Gasteiger partial charge in [-0.05, 0) is 12.8 Å². The summed E-state index contributed by atoms with van der Waals surface area (Å²) in [6.45, 7) is 1.14. The van der Waals surface area contributed by atoms with Gasteiger partial charge < -0.3 is 14.7 Å². The number of likely N-dealkylation sites (N-methyl/N-ethyl adjacent to an activating group) is 1. The molecule has 0 bridgehead atoms. The van der Waals surface area contributed by atoms with Gasteiger partial charge in [-0.2, -0.15) is 0 Å². The highest BCUT2D eigenvalue weighted by Gasteiger charge is 2.50. The molecule has 0 unspecified atom stereocenters. The molecule has 2 heterocycles. The summed E-state index contributed by atoms with van der Waals surface area (Å²) in [5, 5.41) is 10.5. The standard InChI is InChI=1S/C11H19N5O2/c1-14(2)10(18)16-6-4-11(5-7-16)8(12)13-9(17)15(11)3/h4-7H2,1-3H3,(H2,12,13,17). The molecule has 0 saturated carbocycles. The molecule has 100 valence electrons. The maximum Gasteiger partial charge on any atom is 0.323 e. The van der Waals surface area contributed by atoms with Crippen molar-refractivity contribution in [1.29, 1.82) is 5.41 Å². The number of amidine groups is 1.